The smallest absolute Gasteiger partial charge is 0.248 e. The number of amides is 1. The molecule has 1 aromatic heterocycles. The van der Waals surface area contributed by atoms with Gasteiger partial charge in [-0.15, -0.1) is 12.4 Å². The number of hydrogen-bond donors (Lipinski definition) is 2. The highest BCUT2D eigenvalue weighted by Crippen LogP contribution is 2.31. The summed E-state index contributed by atoms with van der Waals surface area (Å²) in [5, 5.41) is 3.46. The molecular weight excluding hydrogens is 535 g/mol. The van der Waals surface area contributed by atoms with Gasteiger partial charge in [-0.25, -0.2) is 4.98 Å². The molecule has 0 radical (unpaired) electrons. The number of H-pyrrole nitrogens is 1. The van der Waals surface area contributed by atoms with Crippen LogP contribution in [-0.4, -0.2) is 54.1 Å². The van der Waals surface area contributed by atoms with Crippen LogP contribution in [0.4, 0.5) is 5.69 Å². The standard InChI is InChI=1S/C30H31ClN4O3.ClH/c1-37-27-12-11-23(32-29(36)13-10-21-6-2-3-7-24(21)31)20-28(27)38-19-18-35-16-14-22(15-17-35)30-33-25-8-4-5-9-26(25)34-30;/h2-13,20,22H,14-19H2,1H3,(H,32,36)(H,33,34);1H/b13-10+;. The van der Waals surface area contributed by atoms with Crippen LogP contribution in [0.2, 0.25) is 5.02 Å². The molecule has 0 saturated carbocycles. The molecule has 39 heavy (non-hydrogen) atoms. The van der Waals surface area contributed by atoms with Crippen LogP contribution in [-0.2, 0) is 4.79 Å². The van der Waals surface area contributed by atoms with Gasteiger partial charge in [0, 0.05) is 35.3 Å². The second-order valence-corrected chi connectivity index (χ2v) is 9.72. The number of methoxy groups -OCH3 is 1. The Bertz CT molecular complexity index is 1400. The highest BCUT2D eigenvalue weighted by molar-refractivity contribution is 6.32. The zero-order valence-corrected chi connectivity index (χ0v) is 23.3. The van der Waals surface area contributed by atoms with Crippen LogP contribution in [0.15, 0.2) is 72.8 Å². The molecule has 1 aliphatic rings. The number of nitrogens with one attached hydrogen (secondary N) is 2. The first-order chi connectivity index (χ1) is 18.6. The fourth-order valence-electron chi connectivity index (χ4n) is 4.71. The van der Waals surface area contributed by atoms with Gasteiger partial charge in [0.15, 0.2) is 11.5 Å². The third-order valence-corrected chi connectivity index (χ3v) is 7.14. The van der Waals surface area contributed by atoms with Gasteiger partial charge in [0.25, 0.3) is 0 Å². The molecule has 9 heteroatoms. The van der Waals surface area contributed by atoms with Gasteiger partial charge >= 0.3 is 0 Å². The number of aromatic nitrogens is 2. The van der Waals surface area contributed by atoms with Crippen LogP contribution in [0.1, 0.15) is 30.1 Å². The zero-order chi connectivity index (χ0) is 26.3. The molecule has 3 aromatic carbocycles. The molecule has 0 atom stereocenters. The van der Waals surface area contributed by atoms with Crippen molar-refractivity contribution >= 4 is 52.7 Å². The number of piperidine rings is 1. The van der Waals surface area contributed by atoms with Crippen molar-refractivity contribution in [2.24, 2.45) is 0 Å². The van der Waals surface area contributed by atoms with Crippen molar-refractivity contribution in [3.05, 3.63) is 89.2 Å². The summed E-state index contributed by atoms with van der Waals surface area (Å²) >= 11 is 6.16. The van der Waals surface area contributed by atoms with E-state index in [0.29, 0.717) is 34.7 Å². The molecule has 1 amide bonds. The Kier molecular flexibility index (Phi) is 9.87. The molecule has 0 aliphatic carbocycles. The Labute approximate surface area is 239 Å². The number of aromatic amines is 1. The second kappa shape index (κ2) is 13.5. The number of anilines is 1. The zero-order valence-electron chi connectivity index (χ0n) is 21.7. The van der Waals surface area contributed by atoms with E-state index in [1.807, 2.05) is 36.4 Å². The Balaban J connectivity index is 0.00000353. The van der Waals surface area contributed by atoms with Crippen molar-refractivity contribution in [1.82, 2.24) is 14.9 Å². The lowest BCUT2D eigenvalue weighted by molar-refractivity contribution is -0.111. The molecule has 0 bridgehead atoms. The Morgan fingerprint density at radius 1 is 1.10 bits per heavy atom. The molecular formula is C30H32Cl2N4O3. The molecule has 1 aliphatic heterocycles. The van der Waals surface area contributed by atoms with Crippen LogP contribution in [0.3, 0.4) is 0 Å². The van der Waals surface area contributed by atoms with Gasteiger partial charge in [0.2, 0.25) is 5.91 Å². The number of para-hydroxylation sites is 2. The number of halogens is 2. The maximum absolute atomic E-state index is 12.4. The van der Waals surface area contributed by atoms with Crippen molar-refractivity contribution in [2.75, 3.05) is 38.7 Å². The lowest BCUT2D eigenvalue weighted by Gasteiger charge is -2.31. The molecule has 7 nitrogen and oxygen atoms in total. The second-order valence-electron chi connectivity index (χ2n) is 9.31. The van der Waals surface area contributed by atoms with Crippen LogP contribution in [0.25, 0.3) is 17.1 Å². The Morgan fingerprint density at radius 3 is 2.64 bits per heavy atom. The SMILES string of the molecule is COc1ccc(NC(=O)/C=C/c2ccccc2Cl)cc1OCCN1CCC(c2nc3ccccc3[nH]2)CC1.Cl. The minimum absolute atomic E-state index is 0. The van der Waals surface area contributed by atoms with Gasteiger partial charge in [-0.3, -0.25) is 9.69 Å². The number of likely N-dealkylation sites (tertiary alicyclic amines) is 1. The highest BCUT2D eigenvalue weighted by atomic mass is 35.5. The fraction of sp³-hybridized carbons (Fsp3) is 0.267. The summed E-state index contributed by atoms with van der Waals surface area (Å²) in [7, 11) is 1.61. The number of fused-ring (bicyclic) bond motifs is 1. The van der Waals surface area contributed by atoms with Crippen molar-refractivity contribution in [1.29, 1.82) is 0 Å². The van der Waals surface area contributed by atoms with Gasteiger partial charge in [-0.2, -0.15) is 0 Å². The van der Waals surface area contributed by atoms with E-state index >= 15 is 0 Å². The first-order valence-electron chi connectivity index (χ1n) is 12.8. The predicted molar refractivity (Wildman–Crippen MR) is 159 cm³/mol. The third-order valence-electron chi connectivity index (χ3n) is 6.80. The van der Waals surface area contributed by atoms with Crippen LogP contribution >= 0.6 is 24.0 Å². The van der Waals surface area contributed by atoms with Crippen LogP contribution < -0.4 is 14.8 Å². The van der Waals surface area contributed by atoms with Gasteiger partial charge in [-0.1, -0.05) is 41.9 Å². The number of carbonyl (C=O) groups excluding carboxylic acids is 1. The number of ether oxygens (including phenoxy) is 2. The summed E-state index contributed by atoms with van der Waals surface area (Å²) < 4.78 is 11.5. The van der Waals surface area contributed by atoms with E-state index in [4.69, 9.17) is 26.1 Å². The molecule has 0 spiro atoms. The summed E-state index contributed by atoms with van der Waals surface area (Å²) in [5.74, 6) is 2.50. The number of nitrogens with zero attached hydrogens (tertiary/aromatic N) is 2. The summed E-state index contributed by atoms with van der Waals surface area (Å²) in [4.78, 5) is 23.1. The number of imidazole rings is 1. The van der Waals surface area contributed by atoms with E-state index in [0.717, 1.165) is 54.9 Å². The maximum Gasteiger partial charge on any atom is 0.248 e. The molecule has 1 saturated heterocycles. The third kappa shape index (κ3) is 7.32. The summed E-state index contributed by atoms with van der Waals surface area (Å²) in [6.07, 6.45) is 5.27. The number of rotatable bonds is 9. The number of hydrogen-bond acceptors (Lipinski definition) is 5. The first-order valence-corrected chi connectivity index (χ1v) is 13.2. The van der Waals surface area contributed by atoms with Gasteiger partial charge in [0.1, 0.15) is 12.4 Å². The Morgan fingerprint density at radius 2 is 1.87 bits per heavy atom. The summed E-state index contributed by atoms with van der Waals surface area (Å²) in [6, 6.07) is 20.9. The van der Waals surface area contributed by atoms with Crippen LogP contribution in [0.5, 0.6) is 11.5 Å². The van der Waals surface area contributed by atoms with Crippen molar-refractivity contribution < 1.29 is 14.3 Å². The monoisotopic (exact) mass is 566 g/mol. The van der Waals surface area contributed by atoms with Crippen molar-refractivity contribution in [3.8, 4) is 11.5 Å². The summed E-state index contributed by atoms with van der Waals surface area (Å²) in [5.41, 5.74) is 3.54. The van der Waals surface area contributed by atoms with Gasteiger partial charge < -0.3 is 19.8 Å². The average Bonchev–Trinajstić information content (AvgIpc) is 3.38. The quantitative estimate of drug-likeness (QED) is 0.224. The Hall–Kier alpha value is -3.52. The number of benzene rings is 3. The van der Waals surface area contributed by atoms with E-state index in [9.17, 15) is 4.79 Å². The predicted octanol–water partition coefficient (Wildman–Crippen LogP) is 6.56. The molecule has 204 valence electrons. The molecule has 4 aromatic rings. The number of carbonyl (C=O) groups is 1. The minimum atomic E-state index is -0.256. The fourth-order valence-corrected chi connectivity index (χ4v) is 4.91. The van der Waals surface area contributed by atoms with E-state index in [1.54, 1.807) is 37.5 Å². The van der Waals surface area contributed by atoms with Gasteiger partial charge in [-0.05, 0) is 67.9 Å². The average molecular weight is 568 g/mol. The first kappa shape index (κ1) is 28.5. The molecule has 5 rings (SSSR count). The maximum atomic E-state index is 12.4. The van der Waals surface area contributed by atoms with E-state index < -0.39 is 0 Å². The molecule has 1 fully saturated rings. The lowest BCUT2D eigenvalue weighted by atomic mass is 9.96. The van der Waals surface area contributed by atoms with E-state index in [1.165, 1.54) is 6.08 Å². The molecule has 2 heterocycles. The van der Waals surface area contributed by atoms with Crippen molar-refractivity contribution in [2.45, 2.75) is 18.8 Å². The molecule has 2 N–H and O–H groups in total. The topological polar surface area (TPSA) is 79.5 Å². The van der Waals surface area contributed by atoms with Gasteiger partial charge in [0.05, 0.1) is 18.1 Å². The van der Waals surface area contributed by atoms with E-state index in [-0.39, 0.29) is 18.3 Å². The minimum Gasteiger partial charge on any atom is -0.493 e. The normalized spacial score (nSPS) is 14.3. The van der Waals surface area contributed by atoms with Crippen molar-refractivity contribution in [3.63, 3.8) is 0 Å². The van der Waals surface area contributed by atoms with E-state index in [2.05, 4.69) is 21.3 Å². The van der Waals surface area contributed by atoms with Crippen LogP contribution in [0, 0.1) is 0 Å². The largest absolute Gasteiger partial charge is 0.493 e. The molecule has 0 unspecified atom stereocenters. The lowest BCUT2D eigenvalue weighted by Crippen LogP contribution is -2.36. The highest BCUT2D eigenvalue weighted by Gasteiger charge is 2.23. The summed E-state index contributed by atoms with van der Waals surface area (Å²) in [6.45, 7) is 3.33.